The van der Waals surface area contributed by atoms with Crippen LogP contribution in [-0.4, -0.2) is 33.2 Å². The summed E-state index contributed by atoms with van der Waals surface area (Å²) in [6, 6.07) is 2.19. The van der Waals surface area contributed by atoms with E-state index in [0.717, 1.165) is 38.0 Å². The second-order valence-corrected chi connectivity index (χ2v) is 4.78. The van der Waals surface area contributed by atoms with Gasteiger partial charge in [0, 0.05) is 25.3 Å². The van der Waals surface area contributed by atoms with Crippen molar-refractivity contribution in [1.29, 1.82) is 0 Å². The van der Waals surface area contributed by atoms with Crippen LogP contribution in [0.5, 0.6) is 0 Å². The van der Waals surface area contributed by atoms with Crippen LogP contribution in [0, 0.1) is 0 Å². The fraction of sp³-hybridized carbons (Fsp3) is 0.692. The zero-order valence-corrected chi connectivity index (χ0v) is 10.7. The molecule has 1 aromatic heterocycles. The third-order valence-corrected chi connectivity index (χ3v) is 3.43. The van der Waals surface area contributed by atoms with Crippen molar-refractivity contribution in [3.63, 3.8) is 0 Å². The molecule has 94 valence electrons. The van der Waals surface area contributed by atoms with Crippen LogP contribution in [0.15, 0.2) is 12.3 Å². The van der Waals surface area contributed by atoms with Gasteiger partial charge in [-0.2, -0.15) is 5.10 Å². The Bertz CT molecular complexity index is 386. The monoisotopic (exact) mass is 235 g/mol. The minimum atomic E-state index is 0.142. The van der Waals surface area contributed by atoms with Crippen LogP contribution in [0.25, 0.3) is 0 Å². The van der Waals surface area contributed by atoms with Gasteiger partial charge < -0.3 is 4.90 Å². The van der Waals surface area contributed by atoms with E-state index in [1.807, 2.05) is 15.6 Å². The zero-order valence-electron chi connectivity index (χ0n) is 10.7. The number of nitrogens with zero attached hydrogens (tertiary/aromatic N) is 3. The molecule has 1 atom stereocenters. The Labute approximate surface area is 103 Å². The van der Waals surface area contributed by atoms with Crippen LogP contribution in [-0.2, 0) is 6.54 Å². The first-order valence-corrected chi connectivity index (χ1v) is 6.56. The molecule has 0 saturated carbocycles. The Balaban J connectivity index is 2.15. The van der Waals surface area contributed by atoms with Crippen molar-refractivity contribution >= 4 is 5.91 Å². The lowest BCUT2D eigenvalue weighted by atomic mass is 10.0. The summed E-state index contributed by atoms with van der Waals surface area (Å²) in [5.41, 5.74) is 0.737. The number of hydrogen-bond donors (Lipinski definition) is 0. The van der Waals surface area contributed by atoms with Crippen molar-refractivity contribution in [3.8, 4) is 0 Å². The number of amides is 1. The predicted molar refractivity (Wildman–Crippen MR) is 66.9 cm³/mol. The summed E-state index contributed by atoms with van der Waals surface area (Å²) in [6.45, 7) is 5.94. The maximum atomic E-state index is 12.4. The first kappa shape index (κ1) is 12.1. The topological polar surface area (TPSA) is 38.1 Å². The van der Waals surface area contributed by atoms with E-state index in [0.29, 0.717) is 6.04 Å². The number of likely N-dealkylation sites (tertiary alicyclic amines) is 1. The first-order chi connectivity index (χ1) is 8.24. The maximum Gasteiger partial charge on any atom is 0.272 e. The summed E-state index contributed by atoms with van der Waals surface area (Å²) >= 11 is 0. The number of hydrogen-bond acceptors (Lipinski definition) is 2. The molecular formula is C13H21N3O. The highest BCUT2D eigenvalue weighted by Gasteiger charge is 2.26. The summed E-state index contributed by atoms with van der Waals surface area (Å²) < 4.78 is 1.82. The summed E-state index contributed by atoms with van der Waals surface area (Å²) in [5.74, 6) is 0.142. The number of carbonyl (C=O) groups is 1. The highest BCUT2D eigenvalue weighted by Crippen LogP contribution is 2.19. The second-order valence-electron chi connectivity index (χ2n) is 4.78. The molecule has 0 radical (unpaired) electrons. The Morgan fingerprint density at radius 2 is 2.35 bits per heavy atom. The van der Waals surface area contributed by atoms with E-state index < -0.39 is 0 Å². The molecule has 1 unspecified atom stereocenters. The number of aromatic nitrogens is 2. The van der Waals surface area contributed by atoms with E-state index in [1.54, 1.807) is 6.20 Å². The maximum absolute atomic E-state index is 12.4. The molecule has 0 bridgehead atoms. The van der Waals surface area contributed by atoms with E-state index in [2.05, 4.69) is 18.9 Å². The molecule has 2 rings (SSSR count). The van der Waals surface area contributed by atoms with Crippen molar-refractivity contribution in [3.05, 3.63) is 18.0 Å². The van der Waals surface area contributed by atoms with Crippen molar-refractivity contribution in [2.24, 2.45) is 0 Å². The van der Waals surface area contributed by atoms with Gasteiger partial charge in [0.1, 0.15) is 5.69 Å². The van der Waals surface area contributed by atoms with Crippen LogP contribution in [0.4, 0.5) is 0 Å². The molecule has 0 spiro atoms. The van der Waals surface area contributed by atoms with Gasteiger partial charge in [0.2, 0.25) is 0 Å². The first-order valence-electron chi connectivity index (χ1n) is 6.56. The molecule has 0 aliphatic carbocycles. The van der Waals surface area contributed by atoms with Gasteiger partial charge in [0.05, 0.1) is 0 Å². The molecule has 1 saturated heterocycles. The summed E-state index contributed by atoms with van der Waals surface area (Å²) in [4.78, 5) is 14.4. The minimum absolute atomic E-state index is 0.142. The molecule has 1 fully saturated rings. The van der Waals surface area contributed by atoms with Gasteiger partial charge in [-0.05, 0) is 38.7 Å². The van der Waals surface area contributed by atoms with E-state index in [9.17, 15) is 4.79 Å². The van der Waals surface area contributed by atoms with Crippen LogP contribution < -0.4 is 0 Å². The van der Waals surface area contributed by atoms with Gasteiger partial charge in [-0.1, -0.05) is 6.92 Å². The number of carbonyl (C=O) groups excluding carboxylic acids is 1. The summed E-state index contributed by atoms with van der Waals surface area (Å²) in [5, 5.41) is 4.22. The van der Waals surface area contributed by atoms with E-state index in [4.69, 9.17) is 0 Å². The van der Waals surface area contributed by atoms with Gasteiger partial charge >= 0.3 is 0 Å². The average molecular weight is 235 g/mol. The van der Waals surface area contributed by atoms with Crippen molar-refractivity contribution in [1.82, 2.24) is 14.7 Å². The van der Waals surface area contributed by atoms with Crippen LogP contribution in [0.1, 0.15) is 50.0 Å². The van der Waals surface area contributed by atoms with Gasteiger partial charge in [-0.3, -0.25) is 9.48 Å². The number of piperidine rings is 1. The van der Waals surface area contributed by atoms with E-state index in [-0.39, 0.29) is 5.91 Å². The van der Waals surface area contributed by atoms with E-state index >= 15 is 0 Å². The molecule has 1 aliphatic rings. The molecule has 1 aromatic rings. The standard InChI is InChI=1S/C13H21N3O/c1-3-9-16-12(7-8-14-16)13(17)15-10-5-4-6-11(15)2/h7-8,11H,3-6,9-10H2,1-2H3. The Morgan fingerprint density at radius 1 is 1.53 bits per heavy atom. The fourth-order valence-electron chi connectivity index (χ4n) is 2.45. The molecular weight excluding hydrogens is 214 g/mol. The lowest BCUT2D eigenvalue weighted by molar-refractivity contribution is 0.0622. The van der Waals surface area contributed by atoms with Gasteiger partial charge in [-0.15, -0.1) is 0 Å². The van der Waals surface area contributed by atoms with Crippen molar-refractivity contribution in [2.45, 2.75) is 52.1 Å². The van der Waals surface area contributed by atoms with Crippen LogP contribution >= 0.6 is 0 Å². The molecule has 2 heterocycles. The van der Waals surface area contributed by atoms with Gasteiger partial charge in [-0.25, -0.2) is 0 Å². The molecule has 0 N–H and O–H groups in total. The van der Waals surface area contributed by atoms with Crippen LogP contribution in [0.2, 0.25) is 0 Å². The smallest absolute Gasteiger partial charge is 0.272 e. The highest BCUT2D eigenvalue weighted by atomic mass is 16.2. The van der Waals surface area contributed by atoms with Gasteiger partial charge in [0.25, 0.3) is 5.91 Å². The lowest BCUT2D eigenvalue weighted by Crippen LogP contribution is -2.42. The highest BCUT2D eigenvalue weighted by molar-refractivity contribution is 5.92. The zero-order chi connectivity index (χ0) is 12.3. The average Bonchev–Trinajstić information content (AvgIpc) is 2.78. The Morgan fingerprint density at radius 3 is 3.06 bits per heavy atom. The minimum Gasteiger partial charge on any atom is -0.335 e. The molecule has 4 nitrogen and oxygen atoms in total. The Kier molecular flexibility index (Phi) is 3.82. The Hall–Kier alpha value is -1.32. The normalized spacial score (nSPS) is 20.6. The van der Waals surface area contributed by atoms with E-state index in [1.165, 1.54) is 6.42 Å². The van der Waals surface area contributed by atoms with Crippen molar-refractivity contribution < 1.29 is 4.79 Å². The third kappa shape index (κ3) is 2.51. The fourth-order valence-corrected chi connectivity index (χ4v) is 2.45. The van der Waals surface area contributed by atoms with Crippen LogP contribution in [0.3, 0.4) is 0 Å². The molecule has 1 aliphatic heterocycles. The molecule has 17 heavy (non-hydrogen) atoms. The number of aryl methyl sites for hydroxylation is 1. The molecule has 1 amide bonds. The summed E-state index contributed by atoms with van der Waals surface area (Å²) in [6.07, 6.45) is 6.19. The second kappa shape index (κ2) is 5.34. The third-order valence-electron chi connectivity index (χ3n) is 3.43. The lowest BCUT2D eigenvalue weighted by Gasteiger charge is -2.33. The molecule has 4 heteroatoms. The predicted octanol–water partition coefficient (Wildman–Crippen LogP) is 2.31. The SMILES string of the molecule is CCCn1nccc1C(=O)N1CCCCC1C. The largest absolute Gasteiger partial charge is 0.335 e. The quantitative estimate of drug-likeness (QED) is 0.806. The van der Waals surface area contributed by atoms with Crippen molar-refractivity contribution in [2.75, 3.05) is 6.54 Å². The number of rotatable bonds is 3. The van der Waals surface area contributed by atoms with Gasteiger partial charge in [0.15, 0.2) is 0 Å². The summed E-state index contributed by atoms with van der Waals surface area (Å²) in [7, 11) is 0. The molecule has 0 aromatic carbocycles.